The average Bonchev–Trinajstić information content (AvgIpc) is 3.22. The number of amides is 1. The predicted molar refractivity (Wildman–Crippen MR) is 120 cm³/mol. The third kappa shape index (κ3) is 3.53. The fraction of sp³-hybridized carbons (Fsp3) is 0.250. The highest BCUT2D eigenvalue weighted by molar-refractivity contribution is 7.21. The van der Waals surface area contributed by atoms with Crippen LogP contribution in [0.25, 0.3) is 21.1 Å². The normalized spacial score (nSPS) is 15.2. The number of carbonyl (C=O) groups excluding carboxylic acids is 1. The first-order valence-electron chi connectivity index (χ1n) is 10.1. The van der Waals surface area contributed by atoms with Crippen LogP contribution in [0.15, 0.2) is 63.8 Å². The van der Waals surface area contributed by atoms with Gasteiger partial charge < -0.3 is 9.32 Å². The van der Waals surface area contributed by atoms with Crippen molar-refractivity contribution < 1.29 is 9.21 Å². The second-order valence-electron chi connectivity index (χ2n) is 7.80. The topological polar surface area (TPSA) is 53.8 Å². The number of carbonyl (C=O) groups is 1. The molecule has 1 aliphatic heterocycles. The monoisotopic (exact) mass is 418 g/mol. The summed E-state index contributed by atoms with van der Waals surface area (Å²) in [6.07, 6.45) is 0. The van der Waals surface area contributed by atoms with Crippen molar-refractivity contribution in [3.05, 3.63) is 81.0 Å². The van der Waals surface area contributed by atoms with Crippen molar-refractivity contribution in [3.63, 3.8) is 0 Å². The summed E-state index contributed by atoms with van der Waals surface area (Å²) in [5, 5.41) is 1.38. The molecule has 3 heterocycles. The van der Waals surface area contributed by atoms with Gasteiger partial charge in [0.2, 0.25) is 0 Å². The number of thiophene rings is 1. The SMILES string of the molecule is Cc1ccc2oc(=O)c3cc(C(=O)N4CCN(Cc5ccccc5)CC4)sc3c2c1. The molecule has 1 aliphatic rings. The summed E-state index contributed by atoms with van der Waals surface area (Å²) in [5.74, 6) is -0.00392. The fourth-order valence-electron chi connectivity index (χ4n) is 4.02. The molecule has 2 aromatic heterocycles. The summed E-state index contributed by atoms with van der Waals surface area (Å²) in [7, 11) is 0. The van der Waals surface area contributed by atoms with E-state index in [0.29, 0.717) is 28.9 Å². The van der Waals surface area contributed by atoms with E-state index in [9.17, 15) is 9.59 Å². The molecule has 5 nitrogen and oxygen atoms in total. The fourth-order valence-corrected chi connectivity index (χ4v) is 5.15. The number of benzene rings is 2. The van der Waals surface area contributed by atoms with Gasteiger partial charge in [-0.15, -0.1) is 11.3 Å². The lowest BCUT2D eigenvalue weighted by Gasteiger charge is -2.34. The van der Waals surface area contributed by atoms with Gasteiger partial charge in [0.25, 0.3) is 5.91 Å². The Labute approximate surface area is 178 Å². The molecule has 0 spiro atoms. The van der Waals surface area contributed by atoms with Crippen LogP contribution in [-0.4, -0.2) is 41.9 Å². The van der Waals surface area contributed by atoms with Crippen LogP contribution >= 0.6 is 11.3 Å². The first-order valence-corrected chi connectivity index (χ1v) is 10.9. The molecule has 0 unspecified atom stereocenters. The zero-order valence-corrected chi connectivity index (χ0v) is 17.6. The Bertz CT molecular complexity index is 1280. The zero-order chi connectivity index (χ0) is 20.7. The Morgan fingerprint density at radius 2 is 1.77 bits per heavy atom. The third-order valence-electron chi connectivity index (χ3n) is 5.65. The average molecular weight is 419 g/mol. The minimum Gasteiger partial charge on any atom is -0.422 e. The lowest BCUT2D eigenvalue weighted by Crippen LogP contribution is -2.48. The molecule has 0 N–H and O–H groups in total. The lowest BCUT2D eigenvalue weighted by atomic mass is 10.1. The summed E-state index contributed by atoms with van der Waals surface area (Å²) < 4.78 is 6.29. The summed E-state index contributed by atoms with van der Waals surface area (Å²) in [6.45, 7) is 5.97. The second kappa shape index (κ2) is 7.70. The van der Waals surface area contributed by atoms with Gasteiger partial charge in [-0.25, -0.2) is 4.79 Å². The standard InChI is InChI=1S/C24H22N2O3S/c1-16-7-8-20-18(13-16)22-19(24(28)29-20)14-21(30-22)23(27)26-11-9-25(10-12-26)15-17-5-3-2-4-6-17/h2-8,13-14H,9-12,15H2,1H3. The van der Waals surface area contributed by atoms with Crippen LogP contribution in [0.5, 0.6) is 0 Å². The van der Waals surface area contributed by atoms with Crippen LogP contribution in [0.3, 0.4) is 0 Å². The van der Waals surface area contributed by atoms with Crippen LogP contribution in [0.1, 0.15) is 20.8 Å². The number of nitrogens with zero attached hydrogens (tertiary/aromatic N) is 2. The molecule has 1 amide bonds. The Balaban J connectivity index is 1.36. The molecule has 5 rings (SSSR count). The van der Waals surface area contributed by atoms with Crippen LogP contribution in [-0.2, 0) is 6.54 Å². The number of piperazine rings is 1. The predicted octanol–water partition coefficient (Wildman–Crippen LogP) is 4.27. The van der Waals surface area contributed by atoms with E-state index in [2.05, 4.69) is 29.2 Å². The van der Waals surface area contributed by atoms with Crippen molar-refractivity contribution in [2.24, 2.45) is 0 Å². The van der Waals surface area contributed by atoms with E-state index >= 15 is 0 Å². The molecule has 2 aromatic carbocycles. The molecule has 4 aromatic rings. The number of aryl methyl sites for hydroxylation is 1. The third-order valence-corrected chi connectivity index (χ3v) is 6.81. The highest BCUT2D eigenvalue weighted by Gasteiger charge is 2.24. The Hall–Kier alpha value is -2.96. The summed E-state index contributed by atoms with van der Waals surface area (Å²) in [4.78, 5) is 30.4. The number of hydrogen-bond donors (Lipinski definition) is 0. The first-order chi connectivity index (χ1) is 14.6. The molecule has 1 fully saturated rings. The van der Waals surface area contributed by atoms with E-state index < -0.39 is 0 Å². The molecule has 152 valence electrons. The van der Waals surface area contributed by atoms with E-state index in [4.69, 9.17) is 4.42 Å². The quantitative estimate of drug-likeness (QED) is 0.466. The molecular formula is C24H22N2O3S. The number of hydrogen-bond acceptors (Lipinski definition) is 5. The van der Waals surface area contributed by atoms with Crippen molar-refractivity contribution in [1.82, 2.24) is 9.80 Å². The maximum atomic E-state index is 13.1. The molecule has 30 heavy (non-hydrogen) atoms. The van der Waals surface area contributed by atoms with Crippen LogP contribution in [0, 0.1) is 6.92 Å². The largest absolute Gasteiger partial charge is 0.422 e. The Morgan fingerprint density at radius 1 is 1.00 bits per heavy atom. The van der Waals surface area contributed by atoms with Crippen molar-refractivity contribution in [3.8, 4) is 0 Å². The molecule has 0 atom stereocenters. The van der Waals surface area contributed by atoms with Gasteiger partial charge in [-0.2, -0.15) is 0 Å². The minimum atomic E-state index is -0.385. The summed E-state index contributed by atoms with van der Waals surface area (Å²) >= 11 is 1.39. The highest BCUT2D eigenvalue weighted by Crippen LogP contribution is 2.32. The second-order valence-corrected chi connectivity index (χ2v) is 8.85. The molecule has 0 bridgehead atoms. The van der Waals surface area contributed by atoms with E-state index in [1.165, 1.54) is 16.9 Å². The molecule has 0 saturated carbocycles. The summed E-state index contributed by atoms with van der Waals surface area (Å²) in [5.41, 5.74) is 2.56. The van der Waals surface area contributed by atoms with E-state index in [1.807, 2.05) is 36.1 Å². The number of fused-ring (bicyclic) bond motifs is 3. The van der Waals surface area contributed by atoms with E-state index in [-0.39, 0.29) is 11.5 Å². The van der Waals surface area contributed by atoms with E-state index in [1.54, 1.807) is 6.07 Å². The molecule has 6 heteroatoms. The molecular weight excluding hydrogens is 396 g/mol. The number of rotatable bonds is 3. The van der Waals surface area contributed by atoms with Crippen LogP contribution in [0.2, 0.25) is 0 Å². The molecule has 0 aliphatic carbocycles. The molecule has 0 radical (unpaired) electrons. The summed E-state index contributed by atoms with van der Waals surface area (Å²) in [6, 6.07) is 17.8. The maximum Gasteiger partial charge on any atom is 0.345 e. The van der Waals surface area contributed by atoms with Gasteiger partial charge in [-0.1, -0.05) is 42.0 Å². The van der Waals surface area contributed by atoms with Gasteiger partial charge in [0.05, 0.1) is 15.0 Å². The zero-order valence-electron chi connectivity index (χ0n) is 16.8. The highest BCUT2D eigenvalue weighted by atomic mass is 32.1. The van der Waals surface area contributed by atoms with Gasteiger partial charge in [-0.05, 0) is 30.7 Å². The van der Waals surface area contributed by atoms with Crippen molar-refractivity contribution in [2.75, 3.05) is 26.2 Å². The first kappa shape index (κ1) is 19.0. The van der Waals surface area contributed by atoms with Gasteiger partial charge in [0.1, 0.15) is 5.58 Å². The Morgan fingerprint density at radius 3 is 2.53 bits per heavy atom. The van der Waals surface area contributed by atoms with Gasteiger partial charge in [-0.3, -0.25) is 9.69 Å². The van der Waals surface area contributed by atoms with E-state index in [0.717, 1.165) is 35.3 Å². The van der Waals surface area contributed by atoms with Crippen molar-refractivity contribution in [1.29, 1.82) is 0 Å². The van der Waals surface area contributed by atoms with Crippen LogP contribution < -0.4 is 5.63 Å². The smallest absolute Gasteiger partial charge is 0.345 e. The van der Waals surface area contributed by atoms with Gasteiger partial charge in [0, 0.05) is 38.1 Å². The lowest BCUT2D eigenvalue weighted by molar-refractivity contribution is 0.0633. The molecule has 1 saturated heterocycles. The van der Waals surface area contributed by atoms with Gasteiger partial charge in [0.15, 0.2) is 0 Å². The van der Waals surface area contributed by atoms with Crippen molar-refractivity contribution in [2.45, 2.75) is 13.5 Å². The Kier molecular flexibility index (Phi) is 4.89. The van der Waals surface area contributed by atoms with Crippen molar-refractivity contribution >= 4 is 38.3 Å². The van der Waals surface area contributed by atoms with Crippen LogP contribution in [0.4, 0.5) is 0 Å². The van der Waals surface area contributed by atoms with Gasteiger partial charge >= 0.3 is 5.63 Å². The maximum absolute atomic E-state index is 13.1. The minimum absolute atomic E-state index is 0.00392.